The van der Waals surface area contributed by atoms with Gasteiger partial charge in [0.15, 0.2) is 11.5 Å². The molecule has 0 atom stereocenters. The Balaban J connectivity index is 1.53. The zero-order chi connectivity index (χ0) is 19.7. The second kappa shape index (κ2) is 7.14. The van der Waals surface area contributed by atoms with Gasteiger partial charge in [0.25, 0.3) is 0 Å². The number of rotatable bonds is 8. The van der Waals surface area contributed by atoms with E-state index in [1.165, 1.54) is 12.3 Å². The smallest absolute Gasteiger partial charge is 0.387 e. The minimum atomic E-state index is -2.98. The lowest BCUT2D eigenvalue weighted by Crippen LogP contribution is -2.29. The van der Waals surface area contributed by atoms with E-state index in [2.05, 4.69) is 20.2 Å². The molecule has 1 aromatic carbocycles. The number of hydrogen-bond acceptors (Lipinski definition) is 5. The van der Waals surface area contributed by atoms with Crippen molar-refractivity contribution in [2.45, 2.75) is 39.5 Å². The molecule has 0 saturated heterocycles. The number of alkyl halides is 2. The number of carbonyl (C=O) groups is 1. The Bertz CT molecular complexity index is 981. The van der Waals surface area contributed by atoms with Gasteiger partial charge in [-0.2, -0.15) is 8.78 Å². The Morgan fingerprint density at radius 2 is 2.18 bits per heavy atom. The fourth-order valence-electron chi connectivity index (χ4n) is 2.86. The quantitative estimate of drug-likeness (QED) is 0.610. The maximum absolute atomic E-state index is 12.8. The summed E-state index contributed by atoms with van der Waals surface area (Å²) in [5.41, 5.74) is 1.70. The minimum absolute atomic E-state index is 0.0181. The highest BCUT2D eigenvalue weighted by Crippen LogP contribution is 2.45. The second-order valence-electron chi connectivity index (χ2n) is 7.08. The Kier molecular flexibility index (Phi) is 4.66. The molecule has 2 aromatic heterocycles. The third-order valence-electron chi connectivity index (χ3n) is 4.81. The van der Waals surface area contributed by atoms with Crippen LogP contribution in [0.2, 0.25) is 0 Å². The van der Waals surface area contributed by atoms with Crippen LogP contribution in [0.15, 0.2) is 35.1 Å². The number of amides is 1. The normalized spacial score (nSPS) is 15.0. The summed E-state index contributed by atoms with van der Waals surface area (Å²) < 4.78 is 40.5. The third-order valence-corrected chi connectivity index (χ3v) is 4.81. The van der Waals surface area contributed by atoms with E-state index >= 15 is 0 Å². The van der Waals surface area contributed by atoms with E-state index in [1.807, 2.05) is 6.92 Å². The lowest BCUT2D eigenvalue weighted by molar-refractivity contribution is -0.125. The number of halogens is 2. The molecular formula is C19H19F2N3O4. The van der Waals surface area contributed by atoms with Gasteiger partial charge in [0, 0.05) is 34.1 Å². The van der Waals surface area contributed by atoms with Crippen LogP contribution in [0, 0.1) is 5.41 Å². The van der Waals surface area contributed by atoms with E-state index in [0.29, 0.717) is 23.1 Å². The van der Waals surface area contributed by atoms with Crippen molar-refractivity contribution in [3.05, 3.63) is 41.9 Å². The van der Waals surface area contributed by atoms with Crippen LogP contribution in [0.25, 0.3) is 10.9 Å². The zero-order valence-electron chi connectivity index (χ0n) is 15.1. The highest BCUT2D eigenvalue weighted by atomic mass is 19.3. The van der Waals surface area contributed by atoms with Crippen LogP contribution in [0.3, 0.4) is 0 Å². The molecule has 28 heavy (non-hydrogen) atoms. The van der Waals surface area contributed by atoms with Crippen molar-refractivity contribution in [1.82, 2.24) is 15.5 Å². The fourth-order valence-corrected chi connectivity index (χ4v) is 2.86. The standard InChI is InChI=1S/C19H19F2N3O4/c1-19(3-4-19)17(25)22-9-13-6-11-7-16(28-18(20)21)15(8-14(11)23-13)26-10-12-2-5-27-24-12/h2,5-8,18,23H,3-4,9-10H2,1H3,(H,22,25). The number of benzene rings is 1. The van der Waals surface area contributed by atoms with E-state index in [9.17, 15) is 13.6 Å². The fraction of sp³-hybridized carbons (Fsp3) is 0.368. The molecule has 9 heteroatoms. The predicted molar refractivity (Wildman–Crippen MR) is 95.0 cm³/mol. The summed E-state index contributed by atoms with van der Waals surface area (Å²) in [6.45, 7) is -0.684. The van der Waals surface area contributed by atoms with Crippen molar-refractivity contribution in [3.8, 4) is 11.5 Å². The molecule has 0 bridgehead atoms. The molecule has 7 nitrogen and oxygen atoms in total. The molecule has 2 heterocycles. The average molecular weight is 391 g/mol. The van der Waals surface area contributed by atoms with Crippen LogP contribution in [-0.4, -0.2) is 22.7 Å². The van der Waals surface area contributed by atoms with Crippen LogP contribution >= 0.6 is 0 Å². The van der Waals surface area contributed by atoms with Crippen LogP contribution < -0.4 is 14.8 Å². The zero-order valence-corrected chi connectivity index (χ0v) is 15.1. The molecule has 2 N–H and O–H groups in total. The highest BCUT2D eigenvalue weighted by molar-refractivity contribution is 5.86. The summed E-state index contributed by atoms with van der Waals surface area (Å²) in [6, 6.07) is 6.46. The molecule has 0 aliphatic heterocycles. The lowest BCUT2D eigenvalue weighted by atomic mass is 10.1. The molecule has 0 radical (unpaired) electrons. The van der Waals surface area contributed by atoms with Crippen molar-refractivity contribution < 1.29 is 27.6 Å². The number of nitrogens with zero attached hydrogens (tertiary/aromatic N) is 1. The maximum atomic E-state index is 12.8. The molecule has 0 spiro atoms. The van der Waals surface area contributed by atoms with Gasteiger partial charge in [-0.25, -0.2) is 0 Å². The second-order valence-corrected chi connectivity index (χ2v) is 7.08. The minimum Gasteiger partial charge on any atom is -0.483 e. The summed E-state index contributed by atoms with van der Waals surface area (Å²) in [4.78, 5) is 15.2. The number of hydrogen-bond donors (Lipinski definition) is 2. The van der Waals surface area contributed by atoms with Gasteiger partial charge < -0.3 is 24.3 Å². The van der Waals surface area contributed by atoms with Gasteiger partial charge in [-0.15, -0.1) is 0 Å². The molecule has 1 aliphatic carbocycles. The van der Waals surface area contributed by atoms with Crippen molar-refractivity contribution >= 4 is 16.8 Å². The maximum Gasteiger partial charge on any atom is 0.387 e. The molecule has 1 fully saturated rings. The Hall–Kier alpha value is -3.10. The van der Waals surface area contributed by atoms with Gasteiger partial charge in [-0.3, -0.25) is 4.79 Å². The van der Waals surface area contributed by atoms with Gasteiger partial charge >= 0.3 is 6.61 Å². The van der Waals surface area contributed by atoms with E-state index in [1.54, 1.807) is 18.2 Å². The molecule has 4 rings (SSSR count). The van der Waals surface area contributed by atoms with E-state index in [4.69, 9.17) is 9.26 Å². The summed E-state index contributed by atoms with van der Waals surface area (Å²) in [7, 11) is 0. The molecule has 1 saturated carbocycles. The van der Waals surface area contributed by atoms with E-state index < -0.39 is 6.61 Å². The number of nitrogens with one attached hydrogen (secondary N) is 2. The number of carbonyl (C=O) groups excluding carboxylic acids is 1. The molecule has 3 aromatic rings. The predicted octanol–water partition coefficient (Wildman–Crippen LogP) is 3.75. The third kappa shape index (κ3) is 3.92. The van der Waals surface area contributed by atoms with Gasteiger partial charge in [0.2, 0.25) is 5.91 Å². The van der Waals surface area contributed by atoms with Gasteiger partial charge in [-0.05, 0) is 25.0 Å². The lowest BCUT2D eigenvalue weighted by Gasteiger charge is -2.11. The summed E-state index contributed by atoms with van der Waals surface area (Å²) in [5.74, 6) is 0.0920. The number of aromatic nitrogens is 2. The van der Waals surface area contributed by atoms with Crippen molar-refractivity contribution in [2.75, 3.05) is 0 Å². The molecular weight excluding hydrogens is 372 g/mol. The first-order valence-electron chi connectivity index (χ1n) is 8.84. The van der Waals surface area contributed by atoms with Crippen LogP contribution in [0.5, 0.6) is 11.5 Å². The van der Waals surface area contributed by atoms with Crippen LogP contribution in [0.1, 0.15) is 31.2 Å². The first kappa shape index (κ1) is 18.3. The molecule has 1 amide bonds. The van der Waals surface area contributed by atoms with Gasteiger partial charge in [-0.1, -0.05) is 12.1 Å². The van der Waals surface area contributed by atoms with E-state index in [-0.39, 0.29) is 29.4 Å². The largest absolute Gasteiger partial charge is 0.483 e. The number of ether oxygens (including phenoxy) is 2. The van der Waals surface area contributed by atoms with Gasteiger partial charge in [0.05, 0.1) is 6.54 Å². The SMILES string of the molecule is CC1(C(=O)NCc2cc3cc(OC(F)F)c(OCc4ccon4)cc3[nH]2)CC1. The number of H-pyrrole nitrogens is 1. The summed E-state index contributed by atoms with van der Waals surface area (Å²) >= 11 is 0. The van der Waals surface area contributed by atoms with Crippen molar-refractivity contribution in [2.24, 2.45) is 5.41 Å². The molecule has 1 aliphatic rings. The number of fused-ring (bicyclic) bond motifs is 1. The Labute approximate surface area is 159 Å². The number of aromatic amines is 1. The summed E-state index contributed by atoms with van der Waals surface area (Å²) in [5, 5.41) is 7.29. The Morgan fingerprint density at radius 1 is 1.36 bits per heavy atom. The first-order chi connectivity index (χ1) is 13.4. The van der Waals surface area contributed by atoms with Crippen molar-refractivity contribution in [3.63, 3.8) is 0 Å². The first-order valence-corrected chi connectivity index (χ1v) is 8.84. The van der Waals surface area contributed by atoms with E-state index in [0.717, 1.165) is 18.5 Å². The molecule has 148 valence electrons. The van der Waals surface area contributed by atoms with Gasteiger partial charge in [0.1, 0.15) is 18.6 Å². The Morgan fingerprint density at radius 3 is 2.86 bits per heavy atom. The topological polar surface area (TPSA) is 89.4 Å². The summed E-state index contributed by atoms with van der Waals surface area (Å²) in [6.07, 6.45) is 3.18. The average Bonchev–Trinajstić information content (AvgIpc) is 3.07. The monoisotopic (exact) mass is 391 g/mol. The van der Waals surface area contributed by atoms with Crippen LogP contribution in [-0.2, 0) is 17.9 Å². The highest BCUT2D eigenvalue weighted by Gasteiger charge is 2.44. The molecule has 0 unspecified atom stereocenters. The van der Waals surface area contributed by atoms with Crippen molar-refractivity contribution in [1.29, 1.82) is 0 Å². The van der Waals surface area contributed by atoms with Crippen LogP contribution in [0.4, 0.5) is 8.78 Å².